The second kappa shape index (κ2) is 6.70. The Morgan fingerprint density at radius 1 is 1.50 bits per heavy atom. The van der Waals surface area contributed by atoms with E-state index in [4.69, 9.17) is 5.73 Å². The molecular weight excluding hydrogens is 254 g/mol. The number of pyridine rings is 1. The first-order chi connectivity index (χ1) is 9.61. The molecule has 0 aliphatic heterocycles. The van der Waals surface area contributed by atoms with Crippen molar-refractivity contribution in [3.8, 4) is 0 Å². The number of carbonyl (C=O) groups is 1. The predicted octanol–water partition coefficient (Wildman–Crippen LogP) is 1.76. The lowest BCUT2D eigenvalue weighted by atomic mass is 10.1. The Bertz CT molecular complexity index is 441. The molecule has 3 N–H and O–H groups in total. The van der Waals surface area contributed by atoms with Crippen molar-refractivity contribution in [3.05, 3.63) is 24.0 Å². The summed E-state index contributed by atoms with van der Waals surface area (Å²) in [6.07, 6.45) is 6.41. The minimum absolute atomic E-state index is 0.224. The van der Waals surface area contributed by atoms with Crippen LogP contribution in [0.3, 0.4) is 0 Å². The Morgan fingerprint density at radius 3 is 2.70 bits per heavy atom. The van der Waals surface area contributed by atoms with Crippen molar-refractivity contribution >= 4 is 11.6 Å². The van der Waals surface area contributed by atoms with E-state index in [-0.39, 0.29) is 12.5 Å². The van der Waals surface area contributed by atoms with Gasteiger partial charge in [0.05, 0.1) is 30.2 Å². The average molecular weight is 277 g/mol. The first-order valence-electron chi connectivity index (χ1n) is 7.30. The van der Waals surface area contributed by atoms with Crippen molar-refractivity contribution < 1.29 is 9.90 Å². The molecule has 1 saturated carbocycles. The zero-order chi connectivity index (χ0) is 14.5. The number of amides is 1. The van der Waals surface area contributed by atoms with Crippen LogP contribution in [-0.4, -0.2) is 28.6 Å². The van der Waals surface area contributed by atoms with Gasteiger partial charge in [0, 0.05) is 6.04 Å². The van der Waals surface area contributed by atoms with Gasteiger partial charge in [0.2, 0.25) is 5.91 Å². The van der Waals surface area contributed by atoms with Crippen LogP contribution in [0.15, 0.2) is 18.3 Å². The van der Waals surface area contributed by atoms with Crippen LogP contribution < -0.4 is 10.6 Å². The molecule has 1 atom stereocenters. The van der Waals surface area contributed by atoms with Crippen molar-refractivity contribution in [2.45, 2.75) is 51.2 Å². The second-order valence-corrected chi connectivity index (χ2v) is 5.40. The molecule has 0 bridgehead atoms. The van der Waals surface area contributed by atoms with Crippen molar-refractivity contribution in [3.63, 3.8) is 0 Å². The van der Waals surface area contributed by atoms with Crippen molar-refractivity contribution in [1.29, 1.82) is 0 Å². The Morgan fingerprint density at radius 2 is 2.20 bits per heavy atom. The van der Waals surface area contributed by atoms with E-state index in [0.717, 1.165) is 18.5 Å². The van der Waals surface area contributed by atoms with Crippen molar-refractivity contribution in [2.75, 3.05) is 11.4 Å². The van der Waals surface area contributed by atoms with Gasteiger partial charge in [-0.3, -0.25) is 9.78 Å². The largest absolute Gasteiger partial charge is 0.387 e. The number of rotatable bonds is 6. The number of nitrogens with zero attached hydrogens (tertiary/aromatic N) is 2. The highest BCUT2D eigenvalue weighted by molar-refractivity contribution is 5.79. The molecule has 1 aliphatic carbocycles. The number of aromatic nitrogens is 1. The molecule has 5 heteroatoms. The lowest BCUT2D eigenvalue weighted by molar-refractivity contribution is -0.116. The summed E-state index contributed by atoms with van der Waals surface area (Å²) in [5.41, 5.74) is 6.93. The highest BCUT2D eigenvalue weighted by Gasteiger charge is 2.24. The van der Waals surface area contributed by atoms with E-state index in [1.54, 1.807) is 6.20 Å². The molecule has 0 aromatic carbocycles. The molecule has 0 saturated heterocycles. The van der Waals surface area contributed by atoms with Crippen molar-refractivity contribution in [2.24, 2.45) is 5.73 Å². The fourth-order valence-electron chi connectivity index (χ4n) is 2.79. The molecule has 1 aromatic rings. The van der Waals surface area contributed by atoms with E-state index in [9.17, 15) is 9.90 Å². The zero-order valence-electron chi connectivity index (χ0n) is 12.0. The summed E-state index contributed by atoms with van der Waals surface area (Å²) in [7, 11) is 0. The Labute approximate surface area is 119 Å². The summed E-state index contributed by atoms with van der Waals surface area (Å²) >= 11 is 0. The van der Waals surface area contributed by atoms with Crippen LogP contribution >= 0.6 is 0 Å². The van der Waals surface area contributed by atoms with Gasteiger partial charge in [-0.1, -0.05) is 19.8 Å². The highest BCUT2D eigenvalue weighted by Crippen LogP contribution is 2.28. The maximum absolute atomic E-state index is 11.3. The second-order valence-electron chi connectivity index (χ2n) is 5.40. The quantitative estimate of drug-likeness (QED) is 0.830. The van der Waals surface area contributed by atoms with Gasteiger partial charge < -0.3 is 15.7 Å². The topological polar surface area (TPSA) is 79.5 Å². The number of primary amides is 1. The Kier molecular flexibility index (Phi) is 4.95. The predicted molar refractivity (Wildman–Crippen MR) is 78.3 cm³/mol. The summed E-state index contributed by atoms with van der Waals surface area (Å²) < 4.78 is 0. The molecular formula is C15H23N3O2. The number of aliphatic hydroxyl groups is 1. The summed E-state index contributed by atoms with van der Waals surface area (Å²) in [4.78, 5) is 17.6. The van der Waals surface area contributed by atoms with E-state index in [0.29, 0.717) is 18.2 Å². The molecule has 20 heavy (non-hydrogen) atoms. The Hall–Kier alpha value is -1.62. The third-order valence-corrected chi connectivity index (χ3v) is 3.92. The van der Waals surface area contributed by atoms with Gasteiger partial charge in [-0.05, 0) is 31.4 Å². The molecule has 1 aromatic heterocycles. The van der Waals surface area contributed by atoms with E-state index in [1.165, 1.54) is 12.8 Å². The van der Waals surface area contributed by atoms with Crippen LogP contribution in [0.4, 0.5) is 5.69 Å². The Balaban J connectivity index is 2.17. The van der Waals surface area contributed by atoms with Crippen LogP contribution in [-0.2, 0) is 4.79 Å². The third-order valence-electron chi connectivity index (χ3n) is 3.92. The summed E-state index contributed by atoms with van der Waals surface area (Å²) in [5.74, 6) is -0.324. The highest BCUT2D eigenvalue weighted by atomic mass is 16.3. The van der Waals surface area contributed by atoms with Crippen LogP contribution in [0.2, 0.25) is 0 Å². The third kappa shape index (κ3) is 3.48. The van der Waals surface area contributed by atoms with Gasteiger partial charge in [-0.2, -0.15) is 0 Å². The first-order valence-corrected chi connectivity index (χ1v) is 7.30. The molecule has 0 unspecified atom stereocenters. The van der Waals surface area contributed by atoms with Gasteiger partial charge >= 0.3 is 0 Å². The van der Waals surface area contributed by atoms with Gasteiger partial charge in [-0.25, -0.2) is 0 Å². The monoisotopic (exact) mass is 277 g/mol. The number of carbonyl (C=O) groups excluding carboxylic acids is 1. The normalized spacial score (nSPS) is 17.1. The van der Waals surface area contributed by atoms with E-state index in [1.807, 2.05) is 24.0 Å². The zero-order valence-corrected chi connectivity index (χ0v) is 12.0. The van der Waals surface area contributed by atoms with Crippen LogP contribution in [0.1, 0.15) is 50.8 Å². The van der Waals surface area contributed by atoms with E-state index >= 15 is 0 Å². The molecule has 1 heterocycles. The fraction of sp³-hybridized carbons (Fsp3) is 0.600. The summed E-state index contributed by atoms with van der Waals surface area (Å²) in [6, 6.07) is 4.11. The molecule has 1 amide bonds. The van der Waals surface area contributed by atoms with Gasteiger partial charge in [0.1, 0.15) is 0 Å². The van der Waals surface area contributed by atoms with E-state index < -0.39 is 6.10 Å². The molecule has 1 fully saturated rings. The summed E-state index contributed by atoms with van der Waals surface area (Å²) in [5, 5.41) is 9.77. The maximum atomic E-state index is 11.3. The molecule has 1 aliphatic rings. The molecule has 2 rings (SSSR count). The van der Waals surface area contributed by atoms with E-state index in [2.05, 4.69) is 4.98 Å². The minimum Gasteiger partial charge on any atom is -0.387 e. The summed E-state index contributed by atoms with van der Waals surface area (Å²) in [6.45, 7) is 2.14. The standard InChI is InChI=1S/C15H23N3O2/c1-2-14(19)13-8-7-12(9-17-13)18(10-15(16)20)11-5-3-4-6-11/h7-9,11,14,19H,2-6,10H2,1H3,(H2,16,20)/t14-/m0/s1. The molecule has 5 nitrogen and oxygen atoms in total. The molecule has 0 radical (unpaired) electrons. The van der Waals surface area contributed by atoms with Gasteiger partial charge in [0.15, 0.2) is 0 Å². The number of nitrogens with two attached hydrogens (primary N) is 1. The molecule has 0 spiro atoms. The first kappa shape index (κ1) is 14.8. The number of anilines is 1. The van der Waals surface area contributed by atoms with Gasteiger partial charge in [0.25, 0.3) is 0 Å². The number of aliphatic hydroxyl groups excluding tert-OH is 1. The number of hydrogen-bond acceptors (Lipinski definition) is 4. The lowest BCUT2D eigenvalue weighted by Gasteiger charge is -2.29. The minimum atomic E-state index is -0.528. The maximum Gasteiger partial charge on any atom is 0.236 e. The molecule has 110 valence electrons. The SMILES string of the molecule is CC[C@H](O)c1ccc(N(CC(N)=O)C2CCCC2)cn1. The van der Waals surface area contributed by atoms with Crippen molar-refractivity contribution in [1.82, 2.24) is 4.98 Å². The smallest absolute Gasteiger partial charge is 0.236 e. The van der Waals surface area contributed by atoms with Crippen LogP contribution in [0.25, 0.3) is 0 Å². The fourth-order valence-corrected chi connectivity index (χ4v) is 2.79. The van der Waals surface area contributed by atoms with Gasteiger partial charge in [-0.15, -0.1) is 0 Å². The van der Waals surface area contributed by atoms with Crippen LogP contribution in [0.5, 0.6) is 0 Å². The average Bonchev–Trinajstić information content (AvgIpc) is 2.98. The van der Waals surface area contributed by atoms with Crippen LogP contribution in [0, 0.1) is 0 Å². The number of hydrogen-bond donors (Lipinski definition) is 2. The lowest BCUT2D eigenvalue weighted by Crippen LogP contribution is -2.40.